The lowest BCUT2D eigenvalue weighted by Gasteiger charge is -2.51. The third-order valence-corrected chi connectivity index (χ3v) is 8.12. The van der Waals surface area contributed by atoms with Crippen LogP contribution >= 0.6 is 0 Å². The molecule has 1 spiro atoms. The standard InChI is InChI=1S/C25H34N8O5/c1-12-13(6-5-7-14(12)23(2,3)4)20(36)29-16-11-33-22(27)28-15(10-32-17(34)8-9-18(32)35)19-24(33,25(16,37)38)31-21(26)30-19/h5-7,15-16,19,37-38H,8-11H2,1-4H3,(H2,27,28)(H,29,36)(H3,26,30,31)/t15-,16?,19-,24?/m0/s1. The van der Waals surface area contributed by atoms with Gasteiger partial charge in [-0.25, -0.2) is 0 Å². The topological polar surface area (TPSA) is 194 Å². The molecule has 3 amide bonds. The first-order chi connectivity index (χ1) is 17.7. The van der Waals surface area contributed by atoms with E-state index >= 15 is 0 Å². The summed E-state index contributed by atoms with van der Waals surface area (Å²) in [4.78, 5) is 40.4. The number of guanidine groups is 2. The fourth-order valence-corrected chi connectivity index (χ4v) is 6.29. The minimum atomic E-state index is -2.65. The van der Waals surface area contributed by atoms with E-state index in [9.17, 15) is 24.6 Å². The van der Waals surface area contributed by atoms with Gasteiger partial charge in [0.25, 0.3) is 5.91 Å². The highest BCUT2D eigenvalue weighted by atomic mass is 16.5. The van der Waals surface area contributed by atoms with Crippen LogP contribution in [0.2, 0.25) is 0 Å². The Bertz CT molecular complexity index is 1240. The smallest absolute Gasteiger partial charge is 0.252 e. The molecular formula is C25H34N8O5. The summed E-state index contributed by atoms with van der Waals surface area (Å²) in [7, 11) is 0. The minimum absolute atomic E-state index is 0.0975. The number of hydrogen-bond acceptors (Lipinski definition) is 7. The van der Waals surface area contributed by atoms with Crippen LogP contribution in [0.25, 0.3) is 0 Å². The molecule has 0 saturated carbocycles. The second-order valence-electron chi connectivity index (χ2n) is 11.5. The zero-order valence-corrected chi connectivity index (χ0v) is 21.8. The SMILES string of the molecule is Cc1c(C(=O)NC2CN3C(=N)N[C@@H](CN4C(=O)CCC4=O)[C@@H]4NC(=N)NC43C2(O)O)cccc1C(C)(C)C. The third-order valence-electron chi connectivity index (χ3n) is 8.12. The molecule has 4 atom stereocenters. The zero-order valence-electron chi connectivity index (χ0n) is 21.8. The molecule has 0 bridgehead atoms. The quantitative estimate of drug-likeness (QED) is 0.173. The van der Waals surface area contributed by atoms with Crippen molar-refractivity contribution in [3.05, 3.63) is 34.9 Å². The van der Waals surface area contributed by atoms with Gasteiger partial charge in [-0.2, -0.15) is 0 Å². The van der Waals surface area contributed by atoms with Gasteiger partial charge in [0.05, 0.1) is 18.6 Å². The van der Waals surface area contributed by atoms with Crippen molar-refractivity contribution in [2.75, 3.05) is 13.1 Å². The summed E-state index contributed by atoms with van der Waals surface area (Å²) >= 11 is 0. The molecule has 13 heteroatoms. The van der Waals surface area contributed by atoms with E-state index in [1.54, 1.807) is 12.1 Å². The Morgan fingerprint density at radius 2 is 1.82 bits per heavy atom. The van der Waals surface area contributed by atoms with Crippen LogP contribution < -0.4 is 21.3 Å². The molecule has 38 heavy (non-hydrogen) atoms. The lowest BCUT2D eigenvalue weighted by molar-refractivity contribution is -0.232. The van der Waals surface area contributed by atoms with Gasteiger partial charge >= 0.3 is 0 Å². The van der Waals surface area contributed by atoms with E-state index in [1.807, 2.05) is 33.8 Å². The molecule has 4 aliphatic rings. The fourth-order valence-electron chi connectivity index (χ4n) is 6.29. The van der Waals surface area contributed by atoms with Crippen molar-refractivity contribution in [1.29, 1.82) is 10.8 Å². The number of carbonyl (C=O) groups excluding carboxylic acids is 3. The van der Waals surface area contributed by atoms with Crippen LogP contribution in [0.4, 0.5) is 0 Å². The first-order valence-electron chi connectivity index (χ1n) is 12.6. The maximum atomic E-state index is 13.4. The normalized spacial score (nSPS) is 30.0. The van der Waals surface area contributed by atoms with E-state index < -0.39 is 35.5 Å². The summed E-state index contributed by atoms with van der Waals surface area (Å²) in [5.74, 6) is -4.24. The monoisotopic (exact) mass is 526 g/mol. The van der Waals surface area contributed by atoms with Crippen LogP contribution in [0, 0.1) is 17.7 Å². The summed E-state index contributed by atoms with van der Waals surface area (Å²) < 4.78 is 0. The molecule has 8 N–H and O–H groups in total. The molecular weight excluding hydrogens is 492 g/mol. The average Bonchev–Trinajstić information content (AvgIpc) is 3.41. The van der Waals surface area contributed by atoms with Crippen LogP contribution in [-0.4, -0.2) is 92.3 Å². The number of likely N-dealkylation sites (tertiary alicyclic amines) is 1. The average molecular weight is 527 g/mol. The number of nitrogens with zero attached hydrogens (tertiary/aromatic N) is 2. The number of carbonyl (C=O) groups is 3. The number of amides is 3. The van der Waals surface area contributed by atoms with Crippen molar-refractivity contribution in [3.63, 3.8) is 0 Å². The van der Waals surface area contributed by atoms with Gasteiger partial charge in [0, 0.05) is 24.9 Å². The second kappa shape index (κ2) is 8.40. The molecule has 4 aliphatic heterocycles. The number of imide groups is 1. The highest BCUT2D eigenvalue weighted by molar-refractivity contribution is 6.02. The molecule has 4 fully saturated rings. The van der Waals surface area contributed by atoms with E-state index in [-0.39, 0.29) is 55.1 Å². The molecule has 1 aromatic carbocycles. The Hall–Kier alpha value is -3.71. The number of aliphatic hydroxyl groups is 2. The number of nitrogens with one attached hydrogen (secondary N) is 6. The van der Waals surface area contributed by atoms with Crippen molar-refractivity contribution in [2.24, 2.45) is 0 Å². The molecule has 4 heterocycles. The third kappa shape index (κ3) is 3.63. The molecule has 204 valence electrons. The van der Waals surface area contributed by atoms with Gasteiger partial charge < -0.3 is 36.4 Å². The maximum absolute atomic E-state index is 13.4. The van der Waals surface area contributed by atoms with Gasteiger partial charge in [0.1, 0.15) is 6.04 Å². The van der Waals surface area contributed by atoms with Gasteiger partial charge in [-0.05, 0) is 29.5 Å². The van der Waals surface area contributed by atoms with E-state index in [0.29, 0.717) is 5.56 Å². The predicted molar refractivity (Wildman–Crippen MR) is 136 cm³/mol. The first-order valence-corrected chi connectivity index (χ1v) is 12.6. The molecule has 1 aromatic rings. The maximum Gasteiger partial charge on any atom is 0.252 e. The van der Waals surface area contributed by atoms with Crippen molar-refractivity contribution in [1.82, 2.24) is 31.1 Å². The second-order valence-corrected chi connectivity index (χ2v) is 11.5. The summed E-state index contributed by atoms with van der Waals surface area (Å²) in [6, 6.07) is 2.43. The largest absolute Gasteiger partial charge is 0.361 e. The van der Waals surface area contributed by atoms with Crippen molar-refractivity contribution in [3.8, 4) is 0 Å². The van der Waals surface area contributed by atoms with Crippen LogP contribution in [0.3, 0.4) is 0 Å². The Balaban J connectivity index is 1.46. The van der Waals surface area contributed by atoms with Crippen molar-refractivity contribution < 1.29 is 24.6 Å². The first kappa shape index (κ1) is 25.9. The van der Waals surface area contributed by atoms with Gasteiger partial charge in [-0.1, -0.05) is 32.9 Å². The summed E-state index contributed by atoms with van der Waals surface area (Å²) in [6.07, 6.45) is 0.195. The van der Waals surface area contributed by atoms with Gasteiger partial charge in [-0.15, -0.1) is 0 Å². The van der Waals surface area contributed by atoms with Gasteiger partial charge in [0.15, 0.2) is 17.6 Å². The lowest BCUT2D eigenvalue weighted by atomic mass is 9.82. The number of benzene rings is 1. The Morgan fingerprint density at radius 1 is 1.16 bits per heavy atom. The van der Waals surface area contributed by atoms with Gasteiger partial charge in [0.2, 0.25) is 17.6 Å². The van der Waals surface area contributed by atoms with Crippen LogP contribution in [0.15, 0.2) is 18.2 Å². The molecule has 0 aromatic heterocycles. The molecule has 0 radical (unpaired) electrons. The predicted octanol–water partition coefficient (Wildman–Crippen LogP) is -1.36. The van der Waals surface area contributed by atoms with Gasteiger partial charge in [-0.3, -0.25) is 30.1 Å². The zero-order chi connectivity index (χ0) is 27.8. The Kier molecular flexibility index (Phi) is 5.73. The highest BCUT2D eigenvalue weighted by Crippen LogP contribution is 2.43. The lowest BCUT2D eigenvalue weighted by Crippen LogP contribution is -2.81. The minimum Gasteiger partial charge on any atom is -0.361 e. The van der Waals surface area contributed by atoms with Crippen molar-refractivity contribution in [2.45, 2.75) is 75.5 Å². The van der Waals surface area contributed by atoms with E-state index in [2.05, 4.69) is 21.3 Å². The summed E-state index contributed by atoms with van der Waals surface area (Å²) in [6.45, 7) is 7.73. The number of rotatable bonds is 4. The van der Waals surface area contributed by atoms with E-state index in [0.717, 1.165) is 16.0 Å². The molecule has 5 rings (SSSR count). The van der Waals surface area contributed by atoms with E-state index in [4.69, 9.17) is 10.8 Å². The van der Waals surface area contributed by atoms with Crippen LogP contribution in [-0.2, 0) is 15.0 Å². The Labute approximate surface area is 220 Å². The van der Waals surface area contributed by atoms with Crippen LogP contribution in [0.1, 0.15) is 55.1 Å². The van der Waals surface area contributed by atoms with Crippen molar-refractivity contribution >= 4 is 29.6 Å². The van der Waals surface area contributed by atoms with Crippen LogP contribution in [0.5, 0.6) is 0 Å². The fraction of sp³-hybridized carbons (Fsp3) is 0.560. The molecule has 0 aliphatic carbocycles. The molecule has 2 unspecified atom stereocenters. The highest BCUT2D eigenvalue weighted by Gasteiger charge is 2.74. The molecule has 13 nitrogen and oxygen atoms in total. The summed E-state index contributed by atoms with van der Waals surface area (Å²) in [5.41, 5.74) is 0.147. The summed E-state index contributed by atoms with van der Waals surface area (Å²) in [5, 5.41) is 51.4. The van der Waals surface area contributed by atoms with E-state index in [1.165, 1.54) is 4.90 Å². The Morgan fingerprint density at radius 3 is 2.45 bits per heavy atom. The molecule has 4 saturated heterocycles. The number of hydrogen-bond donors (Lipinski definition) is 8.